The molecule has 27 heavy (non-hydrogen) atoms. The molecule has 1 aromatic heterocycles. The molecule has 0 amide bonds. The zero-order chi connectivity index (χ0) is 19.3. The number of hydrogen-bond acceptors (Lipinski definition) is 5. The fraction of sp³-hybridized carbons (Fsp3) is 0.800. The van der Waals surface area contributed by atoms with Gasteiger partial charge in [0.05, 0.1) is 12.2 Å². The first-order valence-electron chi connectivity index (χ1n) is 10.3. The molecule has 2 rings (SSSR count). The molecule has 7 heteroatoms. The van der Waals surface area contributed by atoms with Crippen molar-refractivity contribution in [2.45, 2.75) is 58.4 Å². The summed E-state index contributed by atoms with van der Waals surface area (Å²) in [5.41, 5.74) is 1.04. The monoisotopic (exact) mass is 380 g/mol. The van der Waals surface area contributed by atoms with Crippen LogP contribution in [0.4, 0.5) is 0 Å². The first-order valence-corrected chi connectivity index (χ1v) is 10.3. The van der Waals surface area contributed by atoms with E-state index in [0.29, 0.717) is 18.4 Å². The largest absolute Gasteiger partial charge is 0.381 e. The normalized spacial score (nSPS) is 16.1. The Morgan fingerprint density at radius 2 is 2.07 bits per heavy atom. The van der Waals surface area contributed by atoms with Crippen LogP contribution in [0, 0.1) is 5.92 Å². The van der Waals surface area contributed by atoms with Crippen LogP contribution in [0.1, 0.15) is 63.3 Å². The molecule has 1 saturated heterocycles. The number of aliphatic imine (C=N–C) groups is 1. The van der Waals surface area contributed by atoms with Crippen LogP contribution in [-0.4, -0.2) is 51.1 Å². The lowest BCUT2D eigenvalue weighted by Gasteiger charge is -2.21. The molecule has 0 saturated carbocycles. The van der Waals surface area contributed by atoms with Crippen LogP contribution in [0.2, 0.25) is 0 Å². The second-order valence-electron chi connectivity index (χ2n) is 7.07. The Hall–Kier alpha value is -1.60. The molecule has 0 aliphatic carbocycles. The summed E-state index contributed by atoms with van der Waals surface area (Å²) in [6.45, 7) is 9.13. The van der Waals surface area contributed by atoms with Gasteiger partial charge >= 0.3 is 0 Å². The van der Waals surface area contributed by atoms with Crippen molar-refractivity contribution in [2.24, 2.45) is 10.9 Å². The van der Waals surface area contributed by atoms with Gasteiger partial charge in [0.1, 0.15) is 0 Å². The maximum Gasteiger partial charge on any atom is 0.191 e. The Morgan fingerprint density at radius 3 is 2.78 bits per heavy atom. The van der Waals surface area contributed by atoms with Crippen LogP contribution in [0.3, 0.4) is 0 Å². The van der Waals surface area contributed by atoms with E-state index in [9.17, 15) is 0 Å². The highest BCUT2D eigenvalue weighted by molar-refractivity contribution is 5.79. The van der Waals surface area contributed by atoms with E-state index in [2.05, 4.69) is 34.6 Å². The van der Waals surface area contributed by atoms with Crippen LogP contribution in [-0.2, 0) is 16.0 Å². The summed E-state index contributed by atoms with van der Waals surface area (Å²) in [6, 6.07) is 2.04. The van der Waals surface area contributed by atoms with Gasteiger partial charge in [0.2, 0.25) is 0 Å². The molecular weight excluding hydrogens is 344 g/mol. The molecule has 1 aromatic rings. The predicted octanol–water partition coefficient (Wildman–Crippen LogP) is 3.08. The average molecular weight is 381 g/mol. The molecule has 2 heterocycles. The smallest absolute Gasteiger partial charge is 0.191 e. The second kappa shape index (κ2) is 12.7. The van der Waals surface area contributed by atoms with E-state index in [1.54, 1.807) is 7.05 Å². The van der Waals surface area contributed by atoms with E-state index in [1.807, 2.05) is 6.07 Å². The fourth-order valence-corrected chi connectivity index (χ4v) is 3.25. The van der Waals surface area contributed by atoms with Gasteiger partial charge in [0.15, 0.2) is 11.7 Å². The number of ether oxygens (including phenoxy) is 2. The number of rotatable bonds is 11. The van der Waals surface area contributed by atoms with Crippen LogP contribution >= 0.6 is 0 Å². The van der Waals surface area contributed by atoms with Crippen molar-refractivity contribution in [1.82, 2.24) is 15.8 Å². The molecule has 154 valence electrons. The number of guanidine groups is 1. The number of nitrogens with one attached hydrogen (secondary N) is 2. The summed E-state index contributed by atoms with van der Waals surface area (Å²) >= 11 is 0. The quantitative estimate of drug-likeness (QED) is 0.349. The van der Waals surface area contributed by atoms with Crippen LogP contribution in [0.5, 0.6) is 0 Å². The molecule has 0 radical (unpaired) electrons. The van der Waals surface area contributed by atoms with Crippen molar-refractivity contribution in [2.75, 3.05) is 40.0 Å². The molecule has 0 spiro atoms. The molecule has 2 N–H and O–H groups in total. The van der Waals surface area contributed by atoms with Crippen molar-refractivity contribution in [3.8, 4) is 0 Å². The zero-order valence-electron chi connectivity index (χ0n) is 17.1. The lowest BCUT2D eigenvalue weighted by molar-refractivity contribution is 0.0203. The number of aromatic nitrogens is 1. The first-order chi connectivity index (χ1) is 13.3. The average Bonchev–Trinajstić information content (AvgIpc) is 3.17. The third kappa shape index (κ3) is 7.89. The van der Waals surface area contributed by atoms with E-state index in [0.717, 1.165) is 82.5 Å². The van der Waals surface area contributed by atoms with Crippen molar-refractivity contribution < 1.29 is 14.0 Å². The lowest BCUT2D eigenvalue weighted by atomic mass is 9.99. The highest BCUT2D eigenvalue weighted by Crippen LogP contribution is 2.22. The maximum atomic E-state index is 5.79. The van der Waals surface area contributed by atoms with Gasteiger partial charge in [-0.1, -0.05) is 19.0 Å². The van der Waals surface area contributed by atoms with Crippen molar-refractivity contribution >= 4 is 5.96 Å². The molecular formula is C20H36N4O3. The fourth-order valence-electron chi connectivity index (χ4n) is 3.25. The Balaban J connectivity index is 1.57. The summed E-state index contributed by atoms with van der Waals surface area (Å²) in [7, 11) is 1.77. The van der Waals surface area contributed by atoms with Crippen LogP contribution < -0.4 is 10.6 Å². The molecule has 0 atom stereocenters. The summed E-state index contributed by atoms with van der Waals surface area (Å²) in [6.07, 6.45) is 5.35. The Morgan fingerprint density at radius 1 is 1.30 bits per heavy atom. The molecule has 0 bridgehead atoms. The number of nitrogens with zero attached hydrogens (tertiary/aromatic N) is 2. The van der Waals surface area contributed by atoms with Gasteiger partial charge in [-0.05, 0) is 38.0 Å². The van der Waals surface area contributed by atoms with E-state index >= 15 is 0 Å². The highest BCUT2D eigenvalue weighted by atomic mass is 16.5. The Bertz CT molecular complexity index is 537. The van der Waals surface area contributed by atoms with Crippen LogP contribution in [0.25, 0.3) is 0 Å². The molecule has 1 aliphatic heterocycles. The second-order valence-corrected chi connectivity index (χ2v) is 7.07. The summed E-state index contributed by atoms with van der Waals surface area (Å²) in [4.78, 5) is 4.25. The SMILES string of the molecule is CCC(CC)c1cc(CNC(=NC)NCCCOCC2CCOCC2)on1. The van der Waals surface area contributed by atoms with Crippen molar-refractivity contribution in [3.05, 3.63) is 17.5 Å². The van der Waals surface area contributed by atoms with Gasteiger partial charge in [-0.3, -0.25) is 4.99 Å². The molecule has 0 unspecified atom stereocenters. The van der Waals surface area contributed by atoms with Crippen molar-refractivity contribution in [3.63, 3.8) is 0 Å². The van der Waals surface area contributed by atoms with Gasteiger partial charge in [0.25, 0.3) is 0 Å². The summed E-state index contributed by atoms with van der Waals surface area (Å²) < 4.78 is 16.6. The molecule has 1 aliphatic rings. The predicted molar refractivity (Wildman–Crippen MR) is 107 cm³/mol. The van der Waals surface area contributed by atoms with E-state index in [4.69, 9.17) is 14.0 Å². The minimum Gasteiger partial charge on any atom is -0.381 e. The molecule has 0 aromatic carbocycles. The van der Waals surface area contributed by atoms with E-state index in [1.165, 1.54) is 0 Å². The van der Waals surface area contributed by atoms with Gasteiger partial charge < -0.3 is 24.6 Å². The minimum atomic E-state index is 0.473. The third-order valence-electron chi connectivity index (χ3n) is 5.09. The van der Waals surface area contributed by atoms with Gasteiger partial charge in [-0.15, -0.1) is 0 Å². The first kappa shape index (κ1) is 21.7. The number of hydrogen-bond donors (Lipinski definition) is 2. The topological polar surface area (TPSA) is 80.9 Å². The van der Waals surface area contributed by atoms with Crippen molar-refractivity contribution in [1.29, 1.82) is 0 Å². The Kier molecular flexibility index (Phi) is 10.2. The standard InChI is InChI=1S/C20H36N4O3/c1-4-17(5-2)19-13-18(27-24-19)14-23-20(21-3)22-9-6-10-26-15-16-7-11-25-12-8-16/h13,16-17H,4-12,14-15H2,1-3H3,(H2,21,22,23). The van der Waals surface area contributed by atoms with Gasteiger partial charge in [-0.25, -0.2) is 0 Å². The van der Waals surface area contributed by atoms with E-state index < -0.39 is 0 Å². The van der Waals surface area contributed by atoms with E-state index in [-0.39, 0.29) is 0 Å². The highest BCUT2D eigenvalue weighted by Gasteiger charge is 2.14. The molecule has 7 nitrogen and oxygen atoms in total. The summed E-state index contributed by atoms with van der Waals surface area (Å²) in [5.74, 6) is 2.73. The molecule has 1 fully saturated rings. The minimum absolute atomic E-state index is 0.473. The van der Waals surface area contributed by atoms with Gasteiger partial charge in [0, 0.05) is 52.0 Å². The zero-order valence-corrected chi connectivity index (χ0v) is 17.1. The Labute approximate surface area is 163 Å². The van der Waals surface area contributed by atoms with Gasteiger partial charge in [-0.2, -0.15) is 0 Å². The summed E-state index contributed by atoms with van der Waals surface area (Å²) in [5, 5.41) is 10.8. The third-order valence-corrected chi connectivity index (χ3v) is 5.09. The lowest BCUT2D eigenvalue weighted by Crippen LogP contribution is -2.37. The van der Waals surface area contributed by atoms with Crippen LogP contribution in [0.15, 0.2) is 15.6 Å². The maximum absolute atomic E-state index is 5.79.